The summed E-state index contributed by atoms with van der Waals surface area (Å²) in [4.78, 5) is 10.4. The number of rotatable bonds is 6. The molecule has 0 radical (unpaired) electrons. The Kier molecular flexibility index (Phi) is 8.22. The van der Waals surface area contributed by atoms with Crippen LogP contribution >= 0.6 is 0 Å². The number of nitrogens with zero attached hydrogens (tertiary/aromatic N) is 4. The molecular formula is C61H42N4. The second kappa shape index (κ2) is 14.3. The summed E-state index contributed by atoms with van der Waals surface area (Å²) >= 11 is 0. The van der Waals surface area contributed by atoms with Crippen molar-refractivity contribution in [1.82, 2.24) is 19.1 Å². The van der Waals surface area contributed by atoms with Crippen LogP contribution < -0.4 is 0 Å². The lowest BCUT2D eigenvalue weighted by Crippen LogP contribution is -2.15. The predicted octanol–water partition coefficient (Wildman–Crippen LogP) is 15.6. The third kappa shape index (κ3) is 5.70. The summed E-state index contributed by atoms with van der Waals surface area (Å²) in [6.07, 6.45) is 0. The Balaban J connectivity index is 1.10. The van der Waals surface area contributed by atoms with Crippen molar-refractivity contribution in [2.24, 2.45) is 0 Å². The topological polar surface area (TPSA) is 35.6 Å². The standard InChI is InChI=1S/C61H42N4/c1-61(2)50-30-15-12-28-47(50)58-51(61)37-49(41-33-34-46-45-27-13-16-31-54(45)64(56(46)36-41)43-24-10-5-11-25-43)57-48-29-14-17-32-55(48)65(59(57)58)44-26-18-23-42(35-44)53-38-52(39-19-6-3-7-20-39)62-60(63-53)40-21-8-4-9-22-40/h3-38H,1-2H3. The van der Waals surface area contributed by atoms with E-state index in [2.05, 4.69) is 217 Å². The van der Waals surface area contributed by atoms with Gasteiger partial charge in [0, 0.05) is 60.6 Å². The highest BCUT2D eigenvalue weighted by Crippen LogP contribution is 2.55. The van der Waals surface area contributed by atoms with Crippen molar-refractivity contribution in [3.63, 3.8) is 0 Å². The van der Waals surface area contributed by atoms with Crippen molar-refractivity contribution in [3.05, 3.63) is 230 Å². The van der Waals surface area contributed by atoms with Gasteiger partial charge in [-0.15, -0.1) is 0 Å². The SMILES string of the molecule is CC1(C)c2ccccc2-c2c1cc(-c1ccc3c4ccccc4n(-c4ccccc4)c3c1)c1c3ccccc3n(-c3cccc(-c4cc(-c5ccccc5)nc(-c5ccccc5)n4)c3)c21. The Morgan fingerprint density at radius 2 is 0.954 bits per heavy atom. The molecule has 0 unspecified atom stereocenters. The van der Waals surface area contributed by atoms with Crippen molar-refractivity contribution < 1.29 is 0 Å². The average Bonchev–Trinajstić information content (AvgIpc) is 3.97. The summed E-state index contributed by atoms with van der Waals surface area (Å²) in [6.45, 7) is 4.78. The molecule has 3 aromatic heterocycles. The lowest BCUT2D eigenvalue weighted by molar-refractivity contribution is 0.661. The van der Waals surface area contributed by atoms with Crippen LogP contribution in [0.1, 0.15) is 25.0 Å². The zero-order chi connectivity index (χ0) is 43.2. The molecule has 0 saturated carbocycles. The summed E-state index contributed by atoms with van der Waals surface area (Å²) in [5.41, 5.74) is 19.3. The van der Waals surface area contributed by atoms with Crippen molar-refractivity contribution in [2.75, 3.05) is 0 Å². The van der Waals surface area contributed by atoms with Gasteiger partial charge in [0.05, 0.1) is 33.5 Å². The Bertz CT molecular complexity index is 3780. The minimum atomic E-state index is -0.232. The average molecular weight is 831 g/mol. The van der Waals surface area contributed by atoms with E-state index in [1.165, 1.54) is 71.5 Å². The highest BCUT2D eigenvalue weighted by molar-refractivity contribution is 6.22. The van der Waals surface area contributed by atoms with Crippen LogP contribution in [0.2, 0.25) is 0 Å². The van der Waals surface area contributed by atoms with E-state index in [4.69, 9.17) is 9.97 Å². The van der Waals surface area contributed by atoms with E-state index < -0.39 is 0 Å². The first-order chi connectivity index (χ1) is 32.0. The maximum atomic E-state index is 5.25. The number of benzene rings is 9. The zero-order valence-corrected chi connectivity index (χ0v) is 36.1. The normalized spacial score (nSPS) is 12.9. The molecule has 0 N–H and O–H groups in total. The Labute approximate surface area is 377 Å². The van der Waals surface area contributed by atoms with Gasteiger partial charge in [0.15, 0.2) is 5.82 Å². The molecule has 65 heavy (non-hydrogen) atoms. The molecule has 0 amide bonds. The molecule has 0 spiro atoms. The molecule has 3 heterocycles. The van der Waals surface area contributed by atoms with Gasteiger partial charge in [-0.05, 0) is 82.4 Å². The van der Waals surface area contributed by atoms with Crippen LogP contribution in [0.15, 0.2) is 218 Å². The van der Waals surface area contributed by atoms with Crippen LogP contribution in [0.5, 0.6) is 0 Å². The van der Waals surface area contributed by atoms with Gasteiger partial charge in [-0.1, -0.05) is 178 Å². The van der Waals surface area contributed by atoms with Gasteiger partial charge in [0.2, 0.25) is 0 Å². The summed E-state index contributed by atoms with van der Waals surface area (Å²) in [5.74, 6) is 0.703. The molecule has 13 rings (SSSR count). The van der Waals surface area contributed by atoms with Crippen LogP contribution in [0.3, 0.4) is 0 Å². The van der Waals surface area contributed by atoms with E-state index in [9.17, 15) is 0 Å². The van der Waals surface area contributed by atoms with Crippen molar-refractivity contribution in [2.45, 2.75) is 19.3 Å². The molecule has 0 saturated heterocycles. The number of para-hydroxylation sites is 3. The second-order valence-electron chi connectivity index (χ2n) is 17.8. The lowest BCUT2D eigenvalue weighted by Gasteiger charge is -2.23. The summed E-state index contributed by atoms with van der Waals surface area (Å²) in [5, 5.41) is 4.96. The molecule has 4 heteroatoms. The molecule has 1 aliphatic rings. The lowest BCUT2D eigenvalue weighted by atomic mass is 9.81. The monoisotopic (exact) mass is 830 g/mol. The van der Waals surface area contributed by atoms with Crippen LogP contribution in [0, 0.1) is 0 Å². The van der Waals surface area contributed by atoms with Crippen LogP contribution in [0.25, 0.3) is 111 Å². The molecule has 1 aliphatic carbocycles. The molecular weight excluding hydrogens is 789 g/mol. The molecule has 0 aliphatic heterocycles. The van der Waals surface area contributed by atoms with Gasteiger partial charge in [-0.25, -0.2) is 9.97 Å². The zero-order valence-electron chi connectivity index (χ0n) is 36.1. The molecule has 0 fully saturated rings. The minimum Gasteiger partial charge on any atom is -0.309 e. The number of hydrogen-bond acceptors (Lipinski definition) is 2. The van der Waals surface area contributed by atoms with Gasteiger partial charge >= 0.3 is 0 Å². The second-order valence-corrected chi connectivity index (χ2v) is 17.8. The molecule has 0 bridgehead atoms. The fraction of sp³-hybridized carbons (Fsp3) is 0.0492. The van der Waals surface area contributed by atoms with Gasteiger partial charge in [0.25, 0.3) is 0 Å². The third-order valence-corrected chi connectivity index (χ3v) is 13.7. The maximum absolute atomic E-state index is 5.25. The molecule has 9 aromatic carbocycles. The third-order valence-electron chi connectivity index (χ3n) is 13.7. The van der Waals surface area contributed by atoms with Crippen LogP contribution in [-0.2, 0) is 5.41 Å². The minimum absolute atomic E-state index is 0.232. The van der Waals surface area contributed by atoms with Crippen LogP contribution in [0.4, 0.5) is 0 Å². The number of hydrogen-bond donors (Lipinski definition) is 0. The Hall–Kier alpha value is -8.34. The highest BCUT2D eigenvalue weighted by atomic mass is 15.0. The Morgan fingerprint density at radius 1 is 0.369 bits per heavy atom. The highest BCUT2D eigenvalue weighted by Gasteiger charge is 2.39. The fourth-order valence-corrected chi connectivity index (χ4v) is 10.7. The van der Waals surface area contributed by atoms with E-state index in [0.717, 1.165) is 45.0 Å². The van der Waals surface area contributed by atoms with Crippen molar-refractivity contribution in [1.29, 1.82) is 0 Å². The molecule has 4 nitrogen and oxygen atoms in total. The number of fused-ring (bicyclic) bond motifs is 10. The molecule has 12 aromatic rings. The summed E-state index contributed by atoms with van der Waals surface area (Å²) in [6, 6.07) is 78.9. The van der Waals surface area contributed by atoms with Crippen molar-refractivity contribution >= 4 is 43.6 Å². The molecule has 0 atom stereocenters. The summed E-state index contributed by atoms with van der Waals surface area (Å²) in [7, 11) is 0. The first-order valence-electron chi connectivity index (χ1n) is 22.4. The van der Waals surface area contributed by atoms with E-state index in [1.807, 2.05) is 24.3 Å². The van der Waals surface area contributed by atoms with Crippen molar-refractivity contribution in [3.8, 4) is 67.5 Å². The summed E-state index contributed by atoms with van der Waals surface area (Å²) < 4.78 is 4.94. The number of aromatic nitrogens is 4. The van der Waals surface area contributed by atoms with Gasteiger partial charge < -0.3 is 9.13 Å². The van der Waals surface area contributed by atoms with E-state index in [-0.39, 0.29) is 5.41 Å². The Morgan fingerprint density at radius 3 is 1.72 bits per heavy atom. The van der Waals surface area contributed by atoms with E-state index >= 15 is 0 Å². The quantitative estimate of drug-likeness (QED) is 0.167. The smallest absolute Gasteiger partial charge is 0.160 e. The van der Waals surface area contributed by atoms with Gasteiger partial charge in [-0.2, -0.15) is 0 Å². The fourth-order valence-electron chi connectivity index (χ4n) is 10.7. The largest absolute Gasteiger partial charge is 0.309 e. The van der Waals surface area contributed by atoms with E-state index in [0.29, 0.717) is 5.82 Å². The van der Waals surface area contributed by atoms with Crippen LogP contribution in [-0.4, -0.2) is 19.1 Å². The maximum Gasteiger partial charge on any atom is 0.160 e. The molecule has 306 valence electrons. The van der Waals surface area contributed by atoms with Gasteiger partial charge in [0.1, 0.15) is 0 Å². The first-order valence-corrected chi connectivity index (χ1v) is 22.4. The predicted molar refractivity (Wildman–Crippen MR) is 270 cm³/mol. The van der Waals surface area contributed by atoms with Gasteiger partial charge in [-0.3, -0.25) is 0 Å². The van der Waals surface area contributed by atoms with E-state index in [1.54, 1.807) is 0 Å². The first kappa shape index (κ1) is 37.2.